The van der Waals surface area contributed by atoms with Gasteiger partial charge in [0.25, 0.3) is 5.91 Å². The highest BCUT2D eigenvalue weighted by Gasteiger charge is 2.28. The Morgan fingerprint density at radius 3 is 2.67 bits per heavy atom. The molecule has 0 spiro atoms. The number of hydrogen-bond donors (Lipinski definition) is 0. The zero-order valence-electron chi connectivity index (χ0n) is 10.6. The lowest BCUT2D eigenvalue weighted by molar-refractivity contribution is 0.0729. The highest BCUT2D eigenvalue weighted by Crippen LogP contribution is 2.26. The van der Waals surface area contributed by atoms with Gasteiger partial charge in [0.15, 0.2) is 23.3 Å². The van der Waals surface area contributed by atoms with Crippen molar-refractivity contribution < 1.29 is 22.4 Å². The largest absolute Gasteiger partial charge is 0.334 e. The van der Waals surface area contributed by atoms with E-state index in [1.165, 1.54) is 4.90 Å². The van der Waals surface area contributed by atoms with Gasteiger partial charge in [0.1, 0.15) is 0 Å². The SMILES string of the molecule is O=C(c1cc(F)c(F)c(F)c1F)N1CCc2sccc2C1. The molecule has 0 atom stereocenters. The second-order valence-corrected chi connectivity index (χ2v) is 5.69. The van der Waals surface area contributed by atoms with Gasteiger partial charge in [0, 0.05) is 18.0 Å². The van der Waals surface area contributed by atoms with E-state index in [2.05, 4.69) is 0 Å². The van der Waals surface area contributed by atoms with E-state index >= 15 is 0 Å². The molecule has 1 aromatic carbocycles. The third-order valence-corrected chi connectivity index (χ3v) is 4.45. The van der Waals surface area contributed by atoms with Gasteiger partial charge < -0.3 is 4.90 Å². The molecule has 1 aliphatic rings. The molecule has 0 unspecified atom stereocenters. The van der Waals surface area contributed by atoms with Crippen molar-refractivity contribution in [1.82, 2.24) is 4.90 Å². The smallest absolute Gasteiger partial charge is 0.257 e. The van der Waals surface area contributed by atoms with E-state index in [9.17, 15) is 22.4 Å². The van der Waals surface area contributed by atoms with Gasteiger partial charge in [-0.1, -0.05) is 0 Å². The molecule has 7 heteroatoms. The summed E-state index contributed by atoms with van der Waals surface area (Å²) in [6.07, 6.45) is 0.604. The second-order valence-electron chi connectivity index (χ2n) is 4.69. The number of fused-ring (bicyclic) bond motifs is 1. The Balaban J connectivity index is 1.94. The maximum atomic E-state index is 13.7. The van der Waals surface area contributed by atoms with Crippen molar-refractivity contribution in [2.45, 2.75) is 13.0 Å². The summed E-state index contributed by atoms with van der Waals surface area (Å²) >= 11 is 1.56. The highest BCUT2D eigenvalue weighted by atomic mass is 32.1. The van der Waals surface area contributed by atoms with Crippen LogP contribution >= 0.6 is 11.3 Å². The van der Waals surface area contributed by atoms with Gasteiger partial charge >= 0.3 is 0 Å². The molecule has 1 amide bonds. The number of carbonyl (C=O) groups excluding carboxylic acids is 1. The van der Waals surface area contributed by atoms with Crippen LogP contribution in [0.15, 0.2) is 17.5 Å². The summed E-state index contributed by atoms with van der Waals surface area (Å²) in [6, 6.07) is 2.25. The van der Waals surface area contributed by atoms with Gasteiger partial charge in [-0.05, 0) is 29.5 Å². The molecule has 2 nitrogen and oxygen atoms in total. The summed E-state index contributed by atoms with van der Waals surface area (Å²) in [4.78, 5) is 14.6. The summed E-state index contributed by atoms with van der Waals surface area (Å²) in [5.41, 5.74) is 0.146. The molecule has 0 N–H and O–H groups in total. The lowest BCUT2D eigenvalue weighted by atomic mass is 10.1. The first-order valence-electron chi connectivity index (χ1n) is 6.16. The predicted octanol–water partition coefficient (Wildman–Crippen LogP) is 3.50. The Hall–Kier alpha value is -1.89. The fraction of sp³-hybridized carbons (Fsp3) is 0.214. The third-order valence-electron chi connectivity index (χ3n) is 3.43. The summed E-state index contributed by atoms with van der Waals surface area (Å²) in [5.74, 6) is -7.96. The molecule has 3 rings (SSSR count). The summed E-state index contributed by atoms with van der Waals surface area (Å²) in [5, 5.41) is 1.89. The topological polar surface area (TPSA) is 20.3 Å². The average Bonchev–Trinajstić information content (AvgIpc) is 2.95. The van der Waals surface area contributed by atoms with E-state index in [1.54, 1.807) is 11.3 Å². The van der Waals surface area contributed by atoms with Crippen LogP contribution < -0.4 is 0 Å². The van der Waals surface area contributed by atoms with E-state index in [1.807, 2.05) is 11.4 Å². The number of halogens is 4. The molecule has 0 saturated heterocycles. The number of thiophene rings is 1. The first-order chi connectivity index (χ1) is 9.99. The zero-order valence-corrected chi connectivity index (χ0v) is 11.4. The van der Waals surface area contributed by atoms with Gasteiger partial charge in [0.05, 0.1) is 5.56 Å². The maximum Gasteiger partial charge on any atom is 0.257 e. The molecule has 2 heterocycles. The molecule has 1 aliphatic heterocycles. The molecule has 1 aromatic heterocycles. The Morgan fingerprint density at radius 2 is 1.90 bits per heavy atom. The number of amides is 1. The first-order valence-corrected chi connectivity index (χ1v) is 7.04. The monoisotopic (exact) mass is 315 g/mol. The Bertz CT molecular complexity index is 728. The van der Waals surface area contributed by atoms with Crippen LogP contribution in [0.4, 0.5) is 17.6 Å². The lowest BCUT2D eigenvalue weighted by Gasteiger charge is -2.27. The summed E-state index contributed by atoms with van der Waals surface area (Å²) in [6.45, 7) is 0.574. The second kappa shape index (κ2) is 5.14. The van der Waals surface area contributed by atoms with Crippen molar-refractivity contribution in [3.8, 4) is 0 Å². The first kappa shape index (κ1) is 14.1. The Morgan fingerprint density at radius 1 is 1.14 bits per heavy atom. The zero-order chi connectivity index (χ0) is 15.1. The Kier molecular flexibility index (Phi) is 3.44. The molecule has 21 heavy (non-hydrogen) atoms. The van der Waals surface area contributed by atoms with E-state index in [-0.39, 0.29) is 6.54 Å². The number of carbonyl (C=O) groups is 1. The van der Waals surface area contributed by atoms with Crippen molar-refractivity contribution in [3.05, 3.63) is 56.8 Å². The van der Waals surface area contributed by atoms with E-state index in [0.717, 1.165) is 10.4 Å². The van der Waals surface area contributed by atoms with Crippen LogP contribution in [0.2, 0.25) is 0 Å². The van der Waals surface area contributed by atoms with Crippen molar-refractivity contribution in [2.24, 2.45) is 0 Å². The number of nitrogens with zero attached hydrogens (tertiary/aromatic N) is 1. The van der Waals surface area contributed by atoms with Gasteiger partial charge in [-0.3, -0.25) is 4.79 Å². The predicted molar refractivity (Wildman–Crippen MR) is 69.0 cm³/mol. The van der Waals surface area contributed by atoms with Crippen molar-refractivity contribution in [3.63, 3.8) is 0 Å². The minimum absolute atomic E-state index is 0.248. The molecule has 0 aliphatic carbocycles. The molecule has 110 valence electrons. The van der Waals surface area contributed by atoms with Crippen LogP contribution in [-0.4, -0.2) is 17.4 Å². The Labute approximate surface area is 121 Å². The van der Waals surface area contributed by atoms with Gasteiger partial charge in [0.2, 0.25) is 0 Å². The van der Waals surface area contributed by atoms with Crippen molar-refractivity contribution >= 4 is 17.2 Å². The molecule has 0 radical (unpaired) electrons. The van der Waals surface area contributed by atoms with Crippen LogP contribution in [0.1, 0.15) is 20.8 Å². The standard InChI is InChI=1S/C14H9F4NOS/c15-9-5-8(11(16)13(18)12(9)17)14(20)19-3-1-10-7(6-19)2-4-21-10/h2,4-5H,1,3,6H2. The molecule has 2 aromatic rings. The molecular weight excluding hydrogens is 306 g/mol. The highest BCUT2D eigenvalue weighted by molar-refractivity contribution is 7.10. The fourth-order valence-electron chi connectivity index (χ4n) is 2.32. The third kappa shape index (κ3) is 2.31. The van der Waals surface area contributed by atoms with Gasteiger partial charge in [-0.15, -0.1) is 11.3 Å². The lowest BCUT2D eigenvalue weighted by Crippen LogP contribution is -2.36. The fourth-order valence-corrected chi connectivity index (χ4v) is 3.21. The summed E-state index contributed by atoms with van der Waals surface area (Å²) in [7, 11) is 0. The molecule has 0 fully saturated rings. The van der Waals surface area contributed by atoms with Crippen LogP contribution in [-0.2, 0) is 13.0 Å². The number of hydrogen-bond acceptors (Lipinski definition) is 2. The van der Waals surface area contributed by atoms with Crippen LogP contribution in [0.3, 0.4) is 0 Å². The molecular formula is C14H9F4NOS. The van der Waals surface area contributed by atoms with Crippen molar-refractivity contribution in [2.75, 3.05) is 6.54 Å². The number of rotatable bonds is 1. The summed E-state index contributed by atoms with van der Waals surface area (Å²) < 4.78 is 53.0. The minimum atomic E-state index is -1.97. The number of benzene rings is 1. The normalized spacial score (nSPS) is 14.2. The minimum Gasteiger partial charge on any atom is -0.334 e. The van der Waals surface area contributed by atoms with Gasteiger partial charge in [-0.2, -0.15) is 0 Å². The van der Waals surface area contributed by atoms with E-state index < -0.39 is 34.7 Å². The quantitative estimate of drug-likeness (QED) is 0.448. The van der Waals surface area contributed by atoms with E-state index in [0.29, 0.717) is 19.0 Å². The van der Waals surface area contributed by atoms with Crippen molar-refractivity contribution in [1.29, 1.82) is 0 Å². The van der Waals surface area contributed by atoms with Crippen LogP contribution in [0, 0.1) is 23.3 Å². The van der Waals surface area contributed by atoms with Crippen LogP contribution in [0.5, 0.6) is 0 Å². The van der Waals surface area contributed by atoms with E-state index in [4.69, 9.17) is 0 Å². The maximum absolute atomic E-state index is 13.7. The molecule has 0 saturated carbocycles. The van der Waals surface area contributed by atoms with Crippen LogP contribution in [0.25, 0.3) is 0 Å². The molecule has 0 bridgehead atoms. The average molecular weight is 315 g/mol. The van der Waals surface area contributed by atoms with Gasteiger partial charge in [-0.25, -0.2) is 17.6 Å².